The zero-order chi connectivity index (χ0) is 14.2. The van der Waals surface area contributed by atoms with Gasteiger partial charge in [0, 0.05) is 0 Å². The molecule has 0 saturated heterocycles. The molecule has 4 heteroatoms. The molecule has 0 spiro atoms. The van der Waals surface area contributed by atoms with E-state index in [1.165, 1.54) is 0 Å². The van der Waals surface area contributed by atoms with Crippen LogP contribution in [0.1, 0.15) is 22.8 Å². The number of carbonyl (C=O) groups excluding carboxylic acids is 2. The van der Waals surface area contributed by atoms with Crippen molar-refractivity contribution >= 4 is 32.0 Å². The van der Waals surface area contributed by atoms with Crippen molar-refractivity contribution in [2.45, 2.75) is 12.3 Å². The molecular formula is C16H13AsNO2. The Morgan fingerprint density at radius 1 is 1.00 bits per heavy atom. The third-order valence-corrected chi connectivity index (χ3v) is 5.44. The molecule has 1 N–H and O–H groups in total. The molecule has 2 aromatic carbocycles. The molecule has 1 atom stereocenters. The summed E-state index contributed by atoms with van der Waals surface area (Å²) in [6.07, 6.45) is 0. The Bertz CT molecular complexity index is 684. The maximum absolute atomic E-state index is 12.8. The van der Waals surface area contributed by atoms with Crippen LogP contribution in [0.15, 0.2) is 54.6 Å². The van der Waals surface area contributed by atoms with E-state index in [4.69, 9.17) is 0 Å². The van der Waals surface area contributed by atoms with E-state index in [0.717, 1.165) is 9.91 Å². The summed E-state index contributed by atoms with van der Waals surface area (Å²) in [5.41, 5.74) is 0.186. The van der Waals surface area contributed by atoms with E-state index in [-0.39, 0.29) is 11.7 Å². The summed E-state index contributed by atoms with van der Waals surface area (Å²) < 4.78 is 3.98. The van der Waals surface area contributed by atoms with E-state index >= 15 is 0 Å². The number of nitrogens with one attached hydrogen (secondary N) is 1. The standard InChI is InChI=1S/C16H13AsNO2/c1-16(12-7-3-2-4-8-12)14(19)11-6-5-9-13(10-11)17-18-15(16)20/h2-10H,1H3,(H,18,20). The first kappa shape index (κ1) is 13.1. The summed E-state index contributed by atoms with van der Waals surface area (Å²) in [5.74, 6) is -0.357. The monoisotopic (exact) mass is 326 g/mol. The van der Waals surface area contributed by atoms with Gasteiger partial charge in [0.15, 0.2) is 0 Å². The Balaban J connectivity index is 2.19. The summed E-state index contributed by atoms with van der Waals surface area (Å²) >= 11 is -0.447. The number of hydrogen-bond donors (Lipinski definition) is 1. The second-order valence-corrected chi connectivity index (χ2v) is 6.94. The maximum atomic E-state index is 12.8. The molecule has 0 saturated carbocycles. The Labute approximate surface area is 124 Å². The van der Waals surface area contributed by atoms with Crippen LogP contribution in [0, 0.1) is 0 Å². The Morgan fingerprint density at radius 3 is 2.50 bits per heavy atom. The summed E-state index contributed by atoms with van der Waals surface area (Å²) in [6.45, 7) is 1.71. The van der Waals surface area contributed by atoms with Crippen molar-refractivity contribution in [3.05, 3.63) is 65.7 Å². The quantitative estimate of drug-likeness (QED) is 0.632. The summed E-state index contributed by atoms with van der Waals surface area (Å²) in [5, 5.41) is 0. The zero-order valence-corrected chi connectivity index (χ0v) is 12.8. The van der Waals surface area contributed by atoms with Gasteiger partial charge in [-0.2, -0.15) is 0 Å². The number of hydrogen-bond acceptors (Lipinski definition) is 2. The SMILES string of the molecule is CC1(c2ccccc2)C(=O)N[As]c2cccc(c2)C1=O. The number of ketones is 1. The fraction of sp³-hybridized carbons (Fsp3) is 0.125. The van der Waals surface area contributed by atoms with E-state index in [1.807, 2.05) is 48.5 Å². The molecule has 2 aromatic rings. The molecule has 1 heterocycles. The molecule has 1 unspecified atom stereocenters. The molecule has 1 radical (unpaired) electrons. The van der Waals surface area contributed by atoms with Crippen LogP contribution in [0.2, 0.25) is 0 Å². The van der Waals surface area contributed by atoms with Gasteiger partial charge in [0.05, 0.1) is 0 Å². The van der Waals surface area contributed by atoms with Crippen molar-refractivity contribution in [1.29, 1.82) is 0 Å². The predicted octanol–water partition coefficient (Wildman–Crippen LogP) is 1.20. The second-order valence-electron chi connectivity index (χ2n) is 4.92. The van der Waals surface area contributed by atoms with E-state index in [2.05, 4.69) is 4.23 Å². The molecular weight excluding hydrogens is 313 g/mol. The fourth-order valence-electron chi connectivity index (χ4n) is 2.37. The van der Waals surface area contributed by atoms with Crippen molar-refractivity contribution in [3.8, 4) is 0 Å². The number of fused-ring (bicyclic) bond motifs is 2. The van der Waals surface area contributed by atoms with Crippen molar-refractivity contribution in [1.82, 2.24) is 4.23 Å². The first-order chi connectivity index (χ1) is 9.62. The van der Waals surface area contributed by atoms with E-state index in [0.29, 0.717) is 5.56 Å². The van der Waals surface area contributed by atoms with Crippen LogP contribution in [0.25, 0.3) is 0 Å². The molecule has 3 rings (SSSR count). The van der Waals surface area contributed by atoms with Gasteiger partial charge in [-0.15, -0.1) is 0 Å². The fourth-order valence-corrected chi connectivity index (χ4v) is 4.09. The van der Waals surface area contributed by atoms with Crippen molar-refractivity contribution in [2.24, 2.45) is 0 Å². The first-order valence-electron chi connectivity index (χ1n) is 6.34. The summed E-state index contributed by atoms with van der Waals surface area (Å²) in [4.78, 5) is 25.4. The minimum absolute atomic E-state index is 0.149. The van der Waals surface area contributed by atoms with Gasteiger partial charge >= 0.3 is 124 Å². The molecule has 1 aliphatic heterocycles. The first-order valence-corrected chi connectivity index (χ1v) is 8.21. The number of carbonyl (C=O) groups is 2. The molecule has 3 nitrogen and oxygen atoms in total. The Kier molecular flexibility index (Phi) is 3.23. The molecule has 0 aromatic heterocycles. The van der Waals surface area contributed by atoms with Gasteiger partial charge in [-0.3, -0.25) is 0 Å². The third kappa shape index (κ3) is 1.99. The van der Waals surface area contributed by atoms with Gasteiger partial charge in [0.2, 0.25) is 0 Å². The Hall–Kier alpha value is -1.86. The molecule has 1 aliphatic rings. The van der Waals surface area contributed by atoms with Crippen molar-refractivity contribution in [2.75, 3.05) is 0 Å². The topological polar surface area (TPSA) is 46.2 Å². The minimum atomic E-state index is -1.16. The van der Waals surface area contributed by atoms with Crippen LogP contribution in [0.5, 0.6) is 0 Å². The normalized spacial score (nSPS) is 23.1. The van der Waals surface area contributed by atoms with E-state index in [9.17, 15) is 9.59 Å². The average molecular weight is 326 g/mol. The van der Waals surface area contributed by atoms with Crippen LogP contribution in [0.4, 0.5) is 0 Å². The van der Waals surface area contributed by atoms with Crippen molar-refractivity contribution < 1.29 is 9.59 Å². The molecule has 99 valence electrons. The zero-order valence-electron chi connectivity index (χ0n) is 11.0. The van der Waals surface area contributed by atoms with Crippen LogP contribution in [0.3, 0.4) is 0 Å². The molecule has 20 heavy (non-hydrogen) atoms. The molecule has 1 amide bonds. The van der Waals surface area contributed by atoms with Crippen LogP contribution < -0.4 is 8.58 Å². The predicted molar refractivity (Wildman–Crippen MR) is 78.1 cm³/mol. The molecule has 2 bridgehead atoms. The van der Waals surface area contributed by atoms with E-state index in [1.54, 1.807) is 13.0 Å². The van der Waals surface area contributed by atoms with Crippen LogP contribution in [-0.2, 0) is 10.2 Å². The van der Waals surface area contributed by atoms with Gasteiger partial charge in [0.25, 0.3) is 0 Å². The van der Waals surface area contributed by atoms with E-state index < -0.39 is 21.4 Å². The Morgan fingerprint density at radius 2 is 1.75 bits per heavy atom. The molecule has 0 fully saturated rings. The van der Waals surface area contributed by atoms with Gasteiger partial charge < -0.3 is 0 Å². The summed E-state index contributed by atoms with van der Waals surface area (Å²) in [7, 11) is 0. The van der Waals surface area contributed by atoms with Crippen molar-refractivity contribution in [3.63, 3.8) is 0 Å². The average Bonchev–Trinajstić information content (AvgIpc) is 2.51. The second kappa shape index (κ2) is 4.91. The number of rotatable bonds is 1. The van der Waals surface area contributed by atoms with Crippen LogP contribution >= 0.6 is 0 Å². The van der Waals surface area contributed by atoms with Gasteiger partial charge in [-0.1, -0.05) is 0 Å². The summed E-state index contributed by atoms with van der Waals surface area (Å²) in [6, 6.07) is 16.7. The molecule has 0 aliphatic carbocycles. The van der Waals surface area contributed by atoms with Gasteiger partial charge in [0.1, 0.15) is 0 Å². The number of amides is 1. The van der Waals surface area contributed by atoms with Gasteiger partial charge in [-0.25, -0.2) is 0 Å². The number of Topliss-reactive ketones (excluding diaryl/α,β-unsaturated/α-hetero) is 1. The van der Waals surface area contributed by atoms with Gasteiger partial charge in [-0.05, 0) is 0 Å². The van der Waals surface area contributed by atoms with Crippen LogP contribution in [-0.4, -0.2) is 27.7 Å². The third-order valence-electron chi connectivity index (χ3n) is 3.65. The number of benzene rings is 2.